The molecule has 1 fully saturated rings. The first-order chi connectivity index (χ1) is 14.1. The summed E-state index contributed by atoms with van der Waals surface area (Å²) in [4.78, 5) is 12.8. The zero-order valence-electron chi connectivity index (χ0n) is 17.0. The molecular formula is C23H28FNO4. The zero-order valence-corrected chi connectivity index (χ0v) is 17.0. The van der Waals surface area contributed by atoms with Gasteiger partial charge in [-0.2, -0.15) is 0 Å². The van der Waals surface area contributed by atoms with E-state index in [2.05, 4.69) is 5.32 Å². The average molecular weight is 401 g/mol. The quantitative estimate of drug-likeness (QED) is 0.651. The van der Waals surface area contributed by atoms with Crippen LogP contribution >= 0.6 is 0 Å². The molecule has 6 heteroatoms. The first kappa shape index (κ1) is 21.3. The fourth-order valence-corrected chi connectivity index (χ4v) is 3.71. The van der Waals surface area contributed by atoms with E-state index in [1.54, 1.807) is 20.3 Å². The highest BCUT2D eigenvalue weighted by atomic mass is 19.1. The van der Waals surface area contributed by atoms with Gasteiger partial charge in [0.1, 0.15) is 11.6 Å². The first-order valence-electron chi connectivity index (χ1n) is 9.92. The van der Waals surface area contributed by atoms with Gasteiger partial charge in [0.25, 0.3) is 5.91 Å². The Hall–Kier alpha value is -2.44. The molecule has 2 aromatic carbocycles. The number of benzene rings is 2. The number of methoxy groups -OCH3 is 2. The highest BCUT2D eigenvalue weighted by Gasteiger charge is 2.42. The van der Waals surface area contributed by atoms with Gasteiger partial charge in [0.2, 0.25) is 0 Å². The SMILES string of the molecule is COCCCNC(=O)C1(Cc2ccc(-c3cc(F)ccc3OC)cc2)CCCO1. The molecule has 1 aliphatic rings. The van der Waals surface area contributed by atoms with Crippen LogP contribution in [-0.2, 0) is 20.7 Å². The number of rotatable bonds is 9. The third-order valence-corrected chi connectivity index (χ3v) is 5.24. The molecule has 0 radical (unpaired) electrons. The van der Waals surface area contributed by atoms with E-state index in [-0.39, 0.29) is 11.7 Å². The number of carbonyl (C=O) groups is 1. The molecular weight excluding hydrogens is 373 g/mol. The van der Waals surface area contributed by atoms with E-state index in [9.17, 15) is 9.18 Å². The van der Waals surface area contributed by atoms with Crippen LogP contribution in [0.2, 0.25) is 0 Å². The summed E-state index contributed by atoms with van der Waals surface area (Å²) >= 11 is 0. The van der Waals surface area contributed by atoms with E-state index in [1.165, 1.54) is 12.1 Å². The van der Waals surface area contributed by atoms with E-state index in [0.29, 0.717) is 43.9 Å². The Balaban J connectivity index is 1.73. The molecule has 29 heavy (non-hydrogen) atoms. The van der Waals surface area contributed by atoms with Crippen LogP contribution in [0.25, 0.3) is 11.1 Å². The maximum absolute atomic E-state index is 13.7. The van der Waals surface area contributed by atoms with Gasteiger partial charge in [0.05, 0.1) is 7.11 Å². The summed E-state index contributed by atoms with van der Waals surface area (Å²) in [5, 5.41) is 2.98. The lowest BCUT2D eigenvalue weighted by Crippen LogP contribution is -2.48. The van der Waals surface area contributed by atoms with Crippen molar-refractivity contribution in [2.24, 2.45) is 0 Å². The van der Waals surface area contributed by atoms with Gasteiger partial charge < -0.3 is 19.5 Å². The minimum Gasteiger partial charge on any atom is -0.496 e. The Morgan fingerprint density at radius 2 is 2.00 bits per heavy atom. The van der Waals surface area contributed by atoms with Crippen molar-refractivity contribution < 1.29 is 23.4 Å². The molecule has 1 aliphatic heterocycles. The van der Waals surface area contributed by atoms with Crippen molar-refractivity contribution in [2.75, 3.05) is 34.0 Å². The van der Waals surface area contributed by atoms with Crippen molar-refractivity contribution in [1.29, 1.82) is 0 Å². The average Bonchev–Trinajstić information content (AvgIpc) is 3.21. The van der Waals surface area contributed by atoms with E-state index >= 15 is 0 Å². The number of amides is 1. The molecule has 1 saturated heterocycles. The fraction of sp³-hybridized carbons (Fsp3) is 0.435. The Morgan fingerprint density at radius 1 is 1.21 bits per heavy atom. The van der Waals surface area contributed by atoms with Gasteiger partial charge in [-0.05, 0) is 48.6 Å². The molecule has 156 valence electrons. The Morgan fingerprint density at radius 3 is 2.66 bits per heavy atom. The van der Waals surface area contributed by atoms with Crippen molar-refractivity contribution in [3.8, 4) is 16.9 Å². The molecule has 3 rings (SSSR count). The van der Waals surface area contributed by atoms with Crippen LogP contribution in [0.3, 0.4) is 0 Å². The highest BCUT2D eigenvalue weighted by Crippen LogP contribution is 2.33. The van der Waals surface area contributed by atoms with Gasteiger partial charge in [0, 0.05) is 38.9 Å². The van der Waals surface area contributed by atoms with E-state index < -0.39 is 5.60 Å². The summed E-state index contributed by atoms with van der Waals surface area (Å²) in [5.41, 5.74) is 1.72. The van der Waals surface area contributed by atoms with Crippen molar-refractivity contribution >= 4 is 5.91 Å². The number of nitrogens with one attached hydrogen (secondary N) is 1. The molecule has 0 spiro atoms. The van der Waals surface area contributed by atoms with Crippen LogP contribution in [0.1, 0.15) is 24.8 Å². The summed E-state index contributed by atoms with van der Waals surface area (Å²) < 4.78 is 30.0. The molecule has 5 nitrogen and oxygen atoms in total. The maximum Gasteiger partial charge on any atom is 0.252 e. The zero-order chi connectivity index (χ0) is 20.7. The summed E-state index contributed by atoms with van der Waals surface area (Å²) in [6, 6.07) is 12.2. The summed E-state index contributed by atoms with van der Waals surface area (Å²) in [5.74, 6) is 0.237. The van der Waals surface area contributed by atoms with Gasteiger partial charge in [-0.25, -0.2) is 4.39 Å². The fourth-order valence-electron chi connectivity index (χ4n) is 3.71. The molecule has 0 aromatic heterocycles. The molecule has 1 N–H and O–H groups in total. The number of hydrogen-bond donors (Lipinski definition) is 1. The summed E-state index contributed by atoms with van der Waals surface area (Å²) in [6.45, 7) is 1.76. The number of ether oxygens (including phenoxy) is 3. The predicted molar refractivity (Wildman–Crippen MR) is 110 cm³/mol. The second-order valence-corrected chi connectivity index (χ2v) is 7.27. The van der Waals surface area contributed by atoms with Crippen molar-refractivity contribution in [3.05, 3.63) is 53.8 Å². The Kier molecular flexibility index (Phi) is 7.23. The minimum absolute atomic E-state index is 0.0676. The molecule has 1 unspecified atom stereocenters. The third-order valence-electron chi connectivity index (χ3n) is 5.24. The van der Waals surface area contributed by atoms with Gasteiger partial charge >= 0.3 is 0 Å². The minimum atomic E-state index is -0.828. The van der Waals surface area contributed by atoms with Crippen molar-refractivity contribution in [1.82, 2.24) is 5.32 Å². The largest absolute Gasteiger partial charge is 0.496 e. The van der Waals surface area contributed by atoms with Crippen LogP contribution in [0.4, 0.5) is 4.39 Å². The summed E-state index contributed by atoms with van der Waals surface area (Å²) in [6.07, 6.45) is 2.83. The second kappa shape index (κ2) is 9.85. The van der Waals surface area contributed by atoms with Crippen LogP contribution in [-0.4, -0.2) is 45.5 Å². The van der Waals surface area contributed by atoms with Crippen LogP contribution in [0.15, 0.2) is 42.5 Å². The van der Waals surface area contributed by atoms with Crippen LogP contribution in [0, 0.1) is 5.82 Å². The lowest BCUT2D eigenvalue weighted by Gasteiger charge is -2.27. The van der Waals surface area contributed by atoms with Crippen LogP contribution in [0.5, 0.6) is 5.75 Å². The smallest absolute Gasteiger partial charge is 0.252 e. The lowest BCUT2D eigenvalue weighted by atomic mass is 9.89. The Labute approximate surface area is 171 Å². The lowest BCUT2D eigenvalue weighted by molar-refractivity contribution is -0.141. The summed E-state index contributed by atoms with van der Waals surface area (Å²) in [7, 11) is 3.21. The van der Waals surface area contributed by atoms with Crippen molar-refractivity contribution in [2.45, 2.75) is 31.3 Å². The topological polar surface area (TPSA) is 56.8 Å². The van der Waals surface area contributed by atoms with Crippen LogP contribution < -0.4 is 10.1 Å². The van der Waals surface area contributed by atoms with E-state index in [4.69, 9.17) is 14.2 Å². The van der Waals surface area contributed by atoms with E-state index in [1.807, 2.05) is 24.3 Å². The second-order valence-electron chi connectivity index (χ2n) is 7.27. The predicted octanol–water partition coefficient (Wildman–Crippen LogP) is 3.75. The number of carbonyl (C=O) groups excluding carboxylic acids is 1. The first-order valence-corrected chi connectivity index (χ1v) is 9.92. The monoisotopic (exact) mass is 401 g/mol. The molecule has 1 atom stereocenters. The van der Waals surface area contributed by atoms with Crippen molar-refractivity contribution in [3.63, 3.8) is 0 Å². The normalized spacial score (nSPS) is 18.6. The van der Waals surface area contributed by atoms with Gasteiger partial charge in [0.15, 0.2) is 5.60 Å². The van der Waals surface area contributed by atoms with Gasteiger partial charge in [-0.1, -0.05) is 24.3 Å². The molecule has 0 aliphatic carbocycles. The Bertz CT molecular complexity index is 816. The molecule has 1 amide bonds. The van der Waals surface area contributed by atoms with Gasteiger partial charge in [-0.3, -0.25) is 4.79 Å². The maximum atomic E-state index is 13.7. The standard InChI is InChI=1S/C23H28FNO4/c1-27-13-4-12-25-22(26)23(11-3-14-29-23)16-17-5-7-18(8-6-17)20-15-19(24)9-10-21(20)28-2/h5-10,15H,3-4,11-14,16H2,1-2H3,(H,25,26). The molecule has 1 heterocycles. The van der Waals surface area contributed by atoms with E-state index in [0.717, 1.165) is 24.0 Å². The number of halogens is 1. The highest BCUT2D eigenvalue weighted by molar-refractivity contribution is 5.86. The molecule has 0 bridgehead atoms. The number of hydrogen-bond acceptors (Lipinski definition) is 4. The van der Waals surface area contributed by atoms with Gasteiger partial charge in [-0.15, -0.1) is 0 Å². The molecule has 0 saturated carbocycles. The molecule has 2 aromatic rings. The third kappa shape index (κ3) is 5.14.